The zero-order chi connectivity index (χ0) is 19.3. The summed E-state index contributed by atoms with van der Waals surface area (Å²) in [5.74, 6) is 0.911. The van der Waals surface area contributed by atoms with E-state index in [9.17, 15) is 4.79 Å². The number of carbonyl (C=O) groups is 1. The van der Waals surface area contributed by atoms with Crippen molar-refractivity contribution in [1.29, 1.82) is 0 Å². The Bertz CT molecular complexity index is 771. The highest BCUT2D eigenvalue weighted by Crippen LogP contribution is 2.34. The Kier molecular flexibility index (Phi) is 6.55. The lowest BCUT2D eigenvalue weighted by Gasteiger charge is -2.34. The molecule has 144 valence electrons. The number of amides is 1. The molecular weight excluding hydrogens is 404 g/mol. The Morgan fingerprint density at radius 3 is 2.48 bits per heavy atom. The van der Waals surface area contributed by atoms with E-state index in [1.807, 2.05) is 62.6 Å². The predicted molar refractivity (Wildman–Crippen MR) is 112 cm³/mol. The Balaban J connectivity index is 1.63. The number of nitrogens with one attached hydrogen (secondary N) is 1. The van der Waals surface area contributed by atoms with Crippen LogP contribution < -0.4 is 10.1 Å². The number of hydrogen-bond acceptors (Lipinski definition) is 3. The quantitative estimate of drug-likeness (QED) is 0.701. The fourth-order valence-corrected chi connectivity index (χ4v) is 4.05. The van der Waals surface area contributed by atoms with Crippen LogP contribution >= 0.6 is 15.9 Å². The van der Waals surface area contributed by atoms with Crippen molar-refractivity contribution in [2.45, 2.75) is 44.4 Å². The van der Waals surface area contributed by atoms with Gasteiger partial charge in [0.2, 0.25) is 5.91 Å². The van der Waals surface area contributed by atoms with Crippen molar-refractivity contribution in [3.63, 3.8) is 0 Å². The number of benzene rings is 2. The molecule has 0 spiro atoms. The molecule has 0 aromatic heterocycles. The monoisotopic (exact) mass is 430 g/mol. The third-order valence-corrected chi connectivity index (χ3v) is 6.05. The van der Waals surface area contributed by atoms with Gasteiger partial charge in [0, 0.05) is 6.54 Å². The van der Waals surface area contributed by atoms with E-state index < -0.39 is 0 Å². The van der Waals surface area contributed by atoms with E-state index in [2.05, 4.69) is 26.1 Å². The molecule has 1 fully saturated rings. The first-order valence-electron chi connectivity index (χ1n) is 9.42. The number of nitrogens with zero attached hydrogens (tertiary/aromatic N) is 1. The smallest absolute Gasteiger partial charge is 0.240 e. The molecule has 0 radical (unpaired) electrons. The van der Waals surface area contributed by atoms with Gasteiger partial charge in [0.15, 0.2) is 0 Å². The molecule has 0 saturated heterocycles. The van der Waals surface area contributed by atoms with Crippen LogP contribution in [0.5, 0.6) is 5.75 Å². The van der Waals surface area contributed by atoms with Gasteiger partial charge in [-0.05, 0) is 66.1 Å². The van der Waals surface area contributed by atoms with Crippen LogP contribution in [0.4, 0.5) is 0 Å². The summed E-state index contributed by atoms with van der Waals surface area (Å²) in [5.41, 5.74) is 1.79. The van der Waals surface area contributed by atoms with Gasteiger partial charge < -0.3 is 10.1 Å². The van der Waals surface area contributed by atoms with E-state index >= 15 is 0 Å². The van der Waals surface area contributed by atoms with E-state index in [4.69, 9.17) is 4.74 Å². The number of rotatable bonds is 7. The number of halogens is 1. The third-order valence-electron chi connectivity index (χ3n) is 5.40. The van der Waals surface area contributed by atoms with Crippen LogP contribution in [-0.2, 0) is 17.9 Å². The summed E-state index contributed by atoms with van der Waals surface area (Å²) in [7, 11) is 4.00. The van der Waals surface area contributed by atoms with Gasteiger partial charge in [-0.1, -0.05) is 49.2 Å². The van der Waals surface area contributed by atoms with Crippen LogP contribution in [0.25, 0.3) is 0 Å². The van der Waals surface area contributed by atoms with Gasteiger partial charge in [0.25, 0.3) is 0 Å². The highest BCUT2D eigenvalue weighted by molar-refractivity contribution is 9.10. The van der Waals surface area contributed by atoms with Crippen molar-refractivity contribution in [3.8, 4) is 5.75 Å². The van der Waals surface area contributed by atoms with E-state index in [0.717, 1.165) is 47.0 Å². The molecule has 4 nitrogen and oxygen atoms in total. The summed E-state index contributed by atoms with van der Waals surface area (Å²) in [5, 5.41) is 3.13. The molecule has 2 aromatic rings. The van der Waals surface area contributed by atoms with Gasteiger partial charge in [0.05, 0.1) is 10.0 Å². The van der Waals surface area contributed by atoms with Crippen molar-refractivity contribution in [3.05, 3.63) is 64.1 Å². The van der Waals surface area contributed by atoms with Gasteiger partial charge in [-0.15, -0.1) is 0 Å². The minimum absolute atomic E-state index is 0.125. The normalized spacial score (nSPS) is 15.7. The van der Waals surface area contributed by atoms with Gasteiger partial charge in [0.1, 0.15) is 12.4 Å². The fraction of sp³-hybridized carbons (Fsp3) is 0.409. The van der Waals surface area contributed by atoms with Crippen molar-refractivity contribution in [1.82, 2.24) is 10.2 Å². The molecule has 27 heavy (non-hydrogen) atoms. The van der Waals surface area contributed by atoms with Crippen LogP contribution in [0.3, 0.4) is 0 Å². The summed E-state index contributed by atoms with van der Waals surface area (Å²) < 4.78 is 6.87. The summed E-state index contributed by atoms with van der Waals surface area (Å²) in [6.07, 6.45) is 4.08. The summed E-state index contributed by atoms with van der Waals surface area (Å²) in [6.45, 7) is 1.02. The van der Waals surface area contributed by atoms with E-state index in [0.29, 0.717) is 13.2 Å². The maximum absolute atomic E-state index is 12.9. The molecule has 2 aromatic carbocycles. The largest absolute Gasteiger partial charge is 0.488 e. The summed E-state index contributed by atoms with van der Waals surface area (Å²) in [6, 6.07) is 16.1. The lowest BCUT2D eigenvalue weighted by Crippen LogP contribution is -2.54. The molecule has 0 aliphatic heterocycles. The number of likely N-dealkylation sites (N-methyl/N-ethyl adjacent to an activating group) is 1. The number of ether oxygens (including phenoxy) is 1. The second kappa shape index (κ2) is 8.89. The van der Waals surface area contributed by atoms with Crippen LogP contribution in [0.2, 0.25) is 0 Å². The molecule has 1 aliphatic carbocycles. The minimum atomic E-state index is -0.359. The first-order valence-corrected chi connectivity index (χ1v) is 10.2. The van der Waals surface area contributed by atoms with Gasteiger partial charge in [-0.2, -0.15) is 0 Å². The Morgan fingerprint density at radius 2 is 1.81 bits per heavy atom. The molecule has 0 heterocycles. The first kappa shape index (κ1) is 19.9. The molecule has 0 atom stereocenters. The Hall–Kier alpha value is -1.85. The number of hydrogen-bond donors (Lipinski definition) is 1. The zero-order valence-corrected chi connectivity index (χ0v) is 17.6. The standard InChI is InChI=1S/C22H27BrN2O2/c1-25(2)22(12-6-7-13-22)21(26)24-15-18-10-11-19(23)20(14-18)27-16-17-8-4-3-5-9-17/h3-5,8-11,14H,6-7,12-13,15-16H2,1-2H3,(H,24,26). The maximum atomic E-state index is 12.9. The van der Waals surface area contributed by atoms with Crippen LogP contribution in [0, 0.1) is 0 Å². The van der Waals surface area contributed by atoms with E-state index in [1.54, 1.807) is 0 Å². The highest BCUT2D eigenvalue weighted by atomic mass is 79.9. The van der Waals surface area contributed by atoms with Gasteiger partial charge >= 0.3 is 0 Å². The van der Waals surface area contributed by atoms with Crippen molar-refractivity contribution in [2.24, 2.45) is 0 Å². The molecule has 1 aliphatic rings. The average Bonchev–Trinajstić information content (AvgIpc) is 3.18. The topological polar surface area (TPSA) is 41.6 Å². The number of carbonyl (C=O) groups excluding carboxylic acids is 1. The van der Waals surface area contributed by atoms with Crippen LogP contribution in [0.15, 0.2) is 53.0 Å². The highest BCUT2D eigenvalue weighted by Gasteiger charge is 2.42. The molecule has 0 bridgehead atoms. The van der Waals surface area contributed by atoms with E-state index in [1.165, 1.54) is 0 Å². The van der Waals surface area contributed by atoms with Crippen molar-refractivity contribution in [2.75, 3.05) is 14.1 Å². The summed E-state index contributed by atoms with van der Waals surface area (Å²) in [4.78, 5) is 14.9. The fourth-order valence-electron chi connectivity index (χ4n) is 3.69. The molecule has 3 rings (SSSR count). The predicted octanol–water partition coefficient (Wildman–Crippen LogP) is 4.52. The zero-order valence-electron chi connectivity index (χ0n) is 16.0. The maximum Gasteiger partial charge on any atom is 0.240 e. The minimum Gasteiger partial charge on any atom is -0.488 e. The first-order chi connectivity index (χ1) is 13.0. The molecule has 0 unspecified atom stereocenters. The lowest BCUT2D eigenvalue weighted by atomic mass is 9.94. The summed E-state index contributed by atoms with van der Waals surface area (Å²) >= 11 is 3.55. The Labute approximate surface area is 170 Å². The van der Waals surface area contributed by atoms with Gasteiger partial charge in [-0.25, -0.2) is 0 Å². The van der Waals surface area contributed by atoms with E-state index in [-0.39, 0.29) is 11.4 Å². The van der Waals surface area contributed by atoms with Crippen LogP contribution in [0.1, 0.15) is 36.8 Å². The molecule has 1 amide bonds. The molecular formula is C22H27BrN2O2. The lowest BCUT2D eigenvalue weighted by molar-refractivity contribution is -0.132. The average molecular weight is 431 g/mol. The van der Waals surface area contributed by atoms with Gasteiger partial charge in [-0.3, -0.25) is 9.69 Å². The second-order valence-corrected chi connectivity index (χ2v) is 8.21. The third kappa shape index (κ3) is 4.71. The van der Waals surface area contributed by atoms with Crippen molar-refractivity contribution < 1.29 is 9.53 Å². The molecule has 1 saturated carbocycles. The van der Waals surface area contributed by atoms with Crippen molar-refractivity contribution >= 4 is 21.8 Å². The SMILES string of the molecule is CN(C)C1(C(=O)NCc2ccc(Br)c(OCc3ccccc3)c2)CCCC1. The second-order valence-electron chi connectivity index (χ2n) is 7.35. The Morgan fingerprint density at radius 1 is 1.11 bits per heavy atom. The molecule has 5 heteroatoms. The molecule has 1 N–H and O–H groups in total. The van der Waals surface area contributed by atoms with Crippen LogP contribution in [-0.4, -0.2) is 30.4 Å².